The Balaban J connectivity index is 2.15. The zero-order chi connectivity index (χ0) is 14.7. The first-order valence-corrected chi connectivity index (χ1v) is 5.68. The fraction of sp³-hybridized carbons (Fsp3) is 0.154. The van der Waals surface area contributed by atoms with E-state index < -0.39 is 10.9 Å². The molecule has 2 rings (SSSR count). The molecule has 20 heavy (non-hydrogen) atoms. The van der Waals surface area contributed by atoms with E-state index in [0.717, 1.165) is 0 Å². The molecule has 7 heteroatoms. The van der Waals surface area contributed by atoms with Crippen LogP contribution in [0, 0.1) is 17.0 Å². The number of rotatable bonds is 5. The molecule has 0 atom stereocenters. The zero-order valence-electron chi connectivity index (χ0n) is 10.5. The van der Waals surface area contributed by atoms with Crippen molar-refractivity contribution in [3.63, 3.8) is 0 Å². The summed E-state index contributed by atoms with van der Waals surface area (Å²) in [6, 6.07) is 7.27. The molecule has 0 aliphatic rings. The molecule has 0 amide bonds. The van der Waals surface area contributed by atoms with Gasteiger partial charge in [-0.25, -0.2) is 4.79 Å². The van der Waals surface area contributed by atoms with Crippen LogP contribution in [0.25, 0.3) is 0 Å². The van der Waals surface area contributed by atoms with Crippen LogP contribution in [0.15, 0.2) is 34.7 Å². The fourth-order valence-corrected chi connectivity index (χ4v) is 1.71. The summed E-state index contributed by atoms with van der Waals surface area (Å²) >= 11 is 0. The van der Waals surface area contributed by atoms with E-state index in [1.807, 2.05) is 0 Å². The van der Waals surface area contributed by atoms with E-state index >= 15 is 0 Å². The third-order valence-electron chi connectivity index (χ3n) is 2.63. The van der Waals surface area contributed by atoms with Crippen LogP contribution < -0.4 is 4.74 Å². The van der Waals surface area contributed by atoms with Crippen molar-refractivity contribution >= 4 is 11.7 Å². The molecule has 1 heterocycles. The Morgan fingerprint density at radius 3 is 2.75 bits per heavy atom. The second kappa shape index (κ2) is 5.43. The highest BCUT2D eigenvalue weighted by Gasteiger charge is 2.17. The number of carbonyl (C=O) groups is 1. The van der Waals surface area contributed by atoms with E-state index in [1.165, 1.54) is 31.2 Å². The number of aryl methyl sites for hydroxylation is 1. The fourth-order valence-electron chi connectivity index (χ4n) is 1.71. The van der Waals surface area contributed by atoms with Gasteiger partial charge in [0.2, 0.25) is 0 Å². The maximum Gasteiger partial charge on any atom is 0.339 e. The van der Waals surface area contributed by atoms with Crippen LogP contribution >= 0.6 is 0 Å². The predicted octanol–water partition coefficient (Wildman–Crippen LogP) is 2.77. The van der Waals surface area contributed by atoms with Crippen LogP contribution in [0.3, 0.4) is 0 Å². The number of para-hydroxylation sites is 2. The van der Waals surface area contributed by atoms with Gasteiger partial charge in [-0.1, -0.05) is 12.1 Å². The van der Waals surface area contributed by atoms with Crippen molar-refractivity contribution in [2.45, 2.75) is 13.5 Å². The molecular formula is C13H11NO6. The van der Waals surface area contributed by atoms with Gasteiger partial charge in [-0.05, 0) is 19.1 Å². The summed E-state index contributed by atoms with van der Waals surface area (Å²) in [7, 11) is 0. The second-order valence-corrected chi connectivity index (χ2v) is 4.00. The SMILES string of the molecule is Cc1oc(COc2ccccc2[N+](=O)[O-])cc1C(=O)O. The molecule has 0 saturated heterocycles. The van der Waals surface area contributed by atoms with E-state index in [2.05, 4.69) is 0 Å². The highest BCUT2D eigenvalue weighted by atomic mass is 16.6. The molecule has 0 fully saturated rings. The van der Waals surface area contributed by atoms with Gasteiger partial charge in [-0.15, -0.1) is 0 Å². The van der Waals surface area contributed by atoms with Crippen molar-refractivity contribution in [3.8, 4) is 5.75 Å². The monoisotopic (exact) mass is 277 g/mol. The Morgan fingerprint density at radius 1 is 1.45 bits per heavy atom. The summed E-state index contributed by atoms with van der Waals surface area (Å²) in [4.78, 5) is 21.1. The first-order chi connectivity index (χ1) is 9.49. The second-order valence-electron chi connectivity index (χ2n) is 4.00. The van der Waals surface area contributed by atoms with Crippen LogP contribution in [0.4, 0.5) is 5.69 Å². The first-order valence-electron chi connectivity index (χ1n) is 5.68. The van der Waals surface area contributed by atoms with Crippen LogP contribution in [-0.4, -0.2) is 16.0 Å². The van der Waals surface area contributed by atoms with Crippen molar-refractivity contribution in [3.05, 3.63) is 57.5 Å². The van der Waals surface area contributed by atoms with Gasteiger partial charge in [0.15, 0.2) is 5.75 Å². The van der Waals surface area contributed by atoms with Gasteiger partial charge in [0.1, 0.15) is 23.7 Å². The van der Waals surface area contributed by atoms with Crippen molar-refractivity contribution in [1.82, 2.24) is 0 Å². The van der Waals surface area contributed by atoms with Gasteiger partial charge in [0.25, 0.3) is 0 Å². The summed E-state index contributed by atoms with van der Waals surface area (Å²) < 4.78 is 10.5. The summed E-state index contributed by atoms with van der Waals surface area (Å²) in [5.41, 5.74) is -0.111. The molecule has 1 aromatic carbocycles. The molecule has 0 unspecified atom stereocenters. The normalized spacial score (nSPS) is 10.2. The lowest BCUT2D eigenvalue weighted by Crippen LogP contribution is -1.98. The molecule has 0 radical (unpaired) electrons. The molecule has 0 aliphatic heterocycles. The number of nitro groups is 1. The van der Waals surface area contributed by atoms with Gasteiger partial charge in [0, 0.05) is 6.07 Å². The third kappa shape index (κ3) is 2.77. The Kier molecular flexibility index (Phi) is 3.69. The number of hydrogen-bond acceptors (Lipinski definition) is 5. The minimum absolute atomic E-state index is 0.0474. The molecule has 0 saturated carbocycles. The first kappa shape index (κ1) is 13.6. The van der Waals surface area contributed by atoms with Crippen LogP contribution in [0.5, 0.6) is 5.75 Å². The lowest BCUT2D eigenvalue weighted by molar-refractivity contribution is -0.386. The summed E-state index contributed by atoms with van der Waals surface area (Å²) in [5.74, 6) is -0.441. The number of carboxylic acid groups (broad SMARTS) is 1. The minimum atomic E-state index is -1.09. The molecule has 104 valence electrons. The maximum atomic E-state index is 10.9. The van der Waals surface area contributed by atoms with Gasteiger partial charge < -0.3 is 14.3 Å². The number of benzene rings is 1. The average molecular weight is 277 g/mol. The number of furan rings is 1. The Morgan fingerprint density at radius 2 is 2.15 bits per heavy atom. The number of carboxylic acids is 1. The van der Waals surface area contributed by atoms with Gasteiger partial charge in [-0.3, -0.25) is 10.1 Å². The standard InChI is InChI=1S/C13H11NO6/c1-8-10(13(15)16)6-9(20-8)7-19-12-5-3-2-4-11(12)14(17)18/h2-6H,7H2,1H3,(H,15,16). The highest BCUT2D eigenvalue weighted by Crippen LogP contribution is 2.27. The maximum absolute atomic E-state index is 10.9. The zero-order valence-corrected chi connectivity index (χ0v) is 10.5. The average Bonchev–Trinajstić information content (AvgIpc) is 2.78. The molecule has 0 aliphatic carbocycles. The Bertz CT molecular complexity index is 661. The number of hydrogen-bond donors (Lipinski definition) is 1. The Hall–Kier alpha value is -2.83. The summed E-state index contributed by atoms with van der Waals surface area (Å²) in [5, 5.41) is 19.7. The number of aromatic carboxylic acids is 1. The smallest absolute Gasteiger partial charge is 0.339 e. The van der Waals surface area contributed by atoms with Crippen molar-refractivity contribution in [2.24, 2.45) is 0 Å². The molecule has 1 aromatic heterocycles. The van der Waals surface area contributed by atoms with E-state index in [1.54, 1.807) is 6.07 Å². The topological polar surface area (TPSA) is 103 Å². The van der Waals surface area contributed by atoms with E-state index in [-0.39, 0.29) is 35.1 Å². The highest BCUT2D eigenvalue weighted by molar-refractivity contribution is 5.88. The summed E-state index contributed by atoms with van der Waals surface area (Å²) in [6.45, 7) is 1.44. The lowest BCUT2D eigenvalue weighted by atomic mass is 10.2. The number of nitro benzene ring substituents is 1. The van der Waals surface area contributed by atoms with E-state index in [0.29, 0.717) is 0 Å². The van der Waals surface area contributed by atoms with E-state index in [4.69, 9.17) is 14.3 Å². The van der Waals surface area contributed by atoms with Crippen molar-refractivity contribution < 1.29 is 24.0 Å². The van der Waals surface area contributed by atoms with Gasteiger partial charge in [-0.2, -0.15) is 0 Å². The molecule has 2 aromatic rings. The van der Waals surface area contributed by atoms with Crippen molar-refractivity contribution in [1.29, 1.82) is 0 Å². The molecule has 0 bridgehead atoms. The number of ether oxygens (including phenoxy) is 1. The summed E-state index contributed by atoms with van der Waals surface area (Å²) in [6.07, 6.45) is 0. The third-order valence-corrected chi connectivity index (χ3v) is 2.63. The van der Waals surface area contributed by atoms with Gasteiger partial charge in [0.05, 0.1) is 4.92 Å². The molecule has 0 spiro atoms. The van der Waals surface area contributed by atoms with Gasteiger partial charge >= 0.3 is 11.7 Å². The number of nitrogens with zero attached hydrogens (tertiary/aromatic N) is 1. The van der Waals surface area contributed by atoms with E-state index in [9.17, 15) is 14.9 Å². The lowest BCUT2D eigenvalue weighted by Gasteiger charge is -2.04. The quantitative estimate of drug-likeness (QED) is 0.665. The minimum Gasteiger partial charge on any atom is -0.479 e. The van der Waals surface area contributed by atoms with Crippen LogP contribution in [0.1, 0.15) is 21.9 Å². The Labute approximate surface area is 113 Å². The molecule has 7 nitrogen and oxygen atoms in total. The van der Waals surface area contributed by atoms with Crippen LogP contribution in [0.2, 0.25) is 0 Å². The largest absolute Gasteiger partial charge is 0.479 e. The van der Waals surface area contributed by atoms with Crippen LogP contribution in [-0.2, 0) is 6.61 Å². The molecular weight excluding hydrogens is 266 g/mol. The van der Waals surface area contributed by atoms with Crippen molar-refractivity contribution in [2.75, 3.05) is 0 Å². The predicted molar refractivity (Wildman–Crippen MR) is 67.8 cm³/mol. The molecule has 1 N–H and O–H groups in total.